The Morgan fingerprint density at radius 2 is 2.45 bits per heavy atom. The minimum Gasteiger partial charge on any atom is -0.444 e. The van der Waals surface area contributed by atoms with Crippen molar-refractivity contribution in [2.24, 2.45) is 0 Å². The molecule has 1 saturated heterocycles. The van der Waals surface area contributed by atoms with E-state index in [9.17, 15) is 4.79 Å². The van der Waals surface area contributed by atoms with Crippen molar-refractivity contribution in [1.82, 2.24) is 10.3 Å². The summed E-state index contributed by atoms with van der Waals surface area (Å²) in [7, 11) is 0. The van der Waals surface area contributed by atoms with E-state index in [1.807, 2.05) is 43.0 Å². The van der Waals surface area contributed by atoms with Gasteiger partial charge in [0.1, 0.15) is 6.26 Å². The summed E-state index contributed by atoms with van der Waals surface area (Å²) in [6, 6.07) is 7.82. The molecule has 1 aliphatic rings. The molecule has 3 rings (SSSR count). The third kappa shape index (κ3) is 3.90. The molecule has 6 heteroatoms. The minimum absolute atomic E-state index is 0.0285. The first kappa shape index (κ1) is 15.1. The Labute approximate surface area is 133 Å². The normalized spacial score (nSPS) is 18.1. The van der Waals surface area contributed by atoms with E-state index >= 15 is 0 Å². The van der Waals surface area contributed by atoms with Crippen LogP contribution in [0.25, 0.3) is 11.5 Å². The lowest BCUT2D eigenvalue weighted by atomic mass is 10.2. The fourth-order valence-corrected chi connectivity index (χ4v) is 3.35. The molecule has 0 saturated carbocycles. The lowest BCUT2D eigenvalue weighted by molar-refractivity contribution is -0.116. The number of carbonyl (C=O) groups is 1. The van der Waals surface area contributed by atoms with E-state index in [-0.39, 0.29) is 11.9 Å². The molecule has 1 amide bonds. The molecule has 1 unspecified atom stereocenters. The second-order valence-corrected chi connectivity index (χ2v) is 6.50. The van der Waals surface area contributed by atoms with E-state index in [1.165, 1.54) is 0 Å². The molecular formula is C16H19N3O2S. The molecule has 2 aromatic rings. The van der Waals surface area contributed by atoms with Gasteiger partial charge in [0.25, 0.3) is 0 Å². The number of carbonyl (C=O) groups excluding carboxylic acids is 1. The third-order valence-corrected chi connectivity index (χ3v) is 4.57. The van der Waals surface area contributed by atoms with Gasteiger partial charge in [0.05, 0.1) is 5.69 Å². The van der Waals surface area contributed by atoms with Crippen LogP contribution in [0.3, 0.4) is 0 Å². The number of nitrogens with one attached hydrogen (secondary N) is 2. The number of amides is 1. The second kappa shape index (κ2) is 6.98. The molecule has 2 N–H and O–H groups in total. The van der Waals surface area contributed by atoms with Crippen molar-refractivity contribution in [2.45, 2.75) is 19.4 Å². The number of aryl methyl sites for hydroxylation is 1. The van der Waals surface area contributed by atoms with Crippen LogP contribution in [0.1, 0.15) is 12.1 Å². The van der Waals surface area contributed by atoms with Crippen molar-refractivity contribution in [1.29, 1.82) is 0 Å². The summed E-state index contributed by atoms with van der Waals surface area (Å²) < 4.78 is 5.40. The van der Waals surface area contributed by atoms with E-state index in [0.717, 1.165) is 35.0 Å². The summed E-state index contributed by atoms with van der Waals surface area (Å²) in [6.07, 6.45) is 2.11. The highest BCUT2D eigenvalue weighted by atomic mass is 32.2. The monoisotopic (exact) mass is 317 g/mol. The van der Waals surface area contributed by atoms with Crippen LogP contribution in [0.15, 0.2) is 34.9 Å². The van der Waals surface area contributed by atoms with Crippen LogP contribution in [0.5, 0.6) is 0 Å². The average molecular weight is 317 g/mol. The Hall–Kier alpha value is -1.79. The average Bonchev–Trinajstić information content (AvgIpc) is 2.95. The number of rotatable bonds is 4. The molecule has 22 heavy (non-hydrogen) atoms. The topological polar surface area (TPSA) is 67.2 Å². The molecule has 5 nitrogen and oxygen atoms in total. The summed E-state index contributed by atoms with van der Waals surface area (Å²) in [5, 5.41) is 6.32. The summed E-state index contributed by atoms with van der Waals surface area (Å²) in [5.74, 6) is 2.71. The van der Waals surface area contributed by atoms with E-state index in [1.54, 1.807) is 6.26 Å². The van der Waals surface area contributed by atoms with Crippen LogP contribution in [0.4, 0.5) is 5.69 Å². The van der Waals surface area contributed by atoms with Gasteiger partial charge in [-0.1, -0.05) is 6.07 Å². The molecule has 0 spiro atoms. The van der Waals surface area contributed by atoms with E-state index in [2.05, 4.69) is 15.6 Å². The zero-order valence-corrected chi connectivity index (χ0v) is 13.3. The van der Waals surface area contributed by atoms with Gasteiger partial charge in [-0.25, -0.2) is 4.98 Å². The predicted molar refractivity (Wildman–Crippen MR) is 89.0 cm³/mol. The minimum atomic E-state index is 0.0285. The molecular weight excluding hydrogens is 298 g/mol. The van der Waals surface area contributed by atoms with Crippen molar-refractivity contribution in [2.75, 3.05) is 23.4 Å². The van der Waals surface area contributed by atoms with Crippen LogP contribution in [-0.2, 0) is 4.79 Å². The second-order valence-electron chi connectivity index (χ2n) is 5.35. The molecule has 1 fully saturated rings. The summed E-state index contributed by atoms with van der Waals surface area (Å²) >= 11 is 1.89. The molecule has 1 aromatic heterocycles. The van der Waals surface area contributed by atoms with Crippen molar-refractivity contribution < 1.29 is 9.21 Å². The number of nitrogens with zero attached hydrogens (tertiary/aromatic N) is 1. The molecule has 0 aliphatic carbocycles. The molecule has 1 atom stereocenters. The molecule has 116 valence electrons. The van der Waals surface area contributed by atoms with Gasteiger partial charge in [-0.05, 0) is 25.1 Å². The van der Waals surface area contributed by atoms with Crippen LogP contribution in [0, 0.1) is 6.92 Å². The number of aromatic nitrogens is 1. The van der Waals surface area contributed by atoms with Crippen molar-refractivity contribution in [3.05, 3.63) is 36.2 Å². The Morgan fingerprint density at radius 1 is 1.55 bits per heavy atom. The fourth-order valence-electron chi connectivity index (χ4n) is 2.40. The smallest absolute Gasteiger partial charge is 0.226 e. The van der Waals surface area contributed by atoms with Gasteiger partial charge in [0.2, 0.25) is 11.8 Å². The SMILES string of the molecule is Cc1coc(-c2cccc(NC(=O)CC3CSCCN3)c2)n1. The number of oxazole rings is 1. The van der Waals surface area contributed by atoms with Crippen molar-refractivity contribution in [3.63, 3.8) is 0 Å². The maximum Gasteiger partial charge on any atom is 0.226 e. The molecule has 0 radical (unpaired) electrons. The van der Waals surface area contributed by atoms with Crippen LogP contribution in [-0.4, -0.2) is 35.0 Å². The highest BCUT2D eigenvalue weighted by Crippen LogP contribution is 2.22. The van der Waals surface area contributed by atoms with Crippen molar-refractivity contribution >= 4 is 23.4 Å². The standard InChI is InChI=1S/C16H19N3O2S/c1-11-9-21-16(18-11)12-3-2-4-13(7-12)19-15(20)8-14-10-22-6-5-17-14/h2-4,7,9,14,17H,5-6,8,10H2,1H3,(H,19,20). The van der Waals surface area contributed by atoms with Gasteiger partial charge >= 0.3 is 0 Å². The fraction of sp³-hybridized carbons (Fsp3) is 0.375. The zero-order valence-electron chi connectivity index (χ0n) is 12.5. The first-order valence-electron chi connectivity index (χ1n) is 7.34. The largest absolute Gasteiger partial charge is 0.444 e. The van der Waals surface area contributed by atoms with E-state index in [4.69, 9.17) is 4.42 Å². The third-order valence-electron chi connectivity index (χ3n) is 3.44. The Kier molecular flexibility index (Phi) is 4.80. The first-order valence-corrected chi connectivity index (χ1v) is 8.50. The number of anilines is 1. The van der Waals surface area contributed by atoms with E-state index in [0.29, 0.717) is 12.3 Å². The van der Waals surface area contributed by atoms with Crippen LogP contribution < -0.4 is 10.6 Å². The van der Waals surface area contributed by atoms with Gasteiger partial charge in [-0.3, -0.25) is 4.79 Å². The lowest BCUT2D eigenvalue weighted by Crippen LogP contribution is -2.39. The van der Waals surface area contributed by atoms with Gasteiger partial charge in [-0.2, -0.15) is 11.8 Å². The summed E-state index contributed by atoms with van der Waals surface area (Å²) in [4.78, 5) is 16.4. The zero-order chi connectivity index (χ0) is 15.4. The highest BCUT2D eigenvalue weighted by molar-refractivity contribution is 7.99. The maximum atomic E-state index is 12.1. The number of benzene rings is 1. The highest BCUT2D eigenvalue weighted by Gasteiger charge is 2.17. The predicted octanol–water partition coefficient (Wildman–Crippen LogP) is 2.68. The van der Waals surface area contributed by atoms with Gasteiger partial charge < -0.3 is 15.1 Å². The van der Waals surface area contributed by atoms with Gasteiger partial charge in [-0.15, -0.1) is 0 Å². The summed E-state index contributed by atoms with van der Waals surface area (Å²) in [5.41, 5.74) is 2.46. The summed E-state index contributed by atoms with van der Waals surface area (Å²) in [6.45, 7) is 2.86. The Bertz CT molecular complexity index is 650. The molecule has 2 heterocycles. The first-order chi connectivity index (χ1) is 10.7. The van der Waals surface area contributed by atoms with E-state index < -0.39 is 0 Å². The Morgan fingerprint density at radius 3 is 3.18 bits per heavy atom. The molecule has 0 bridgehead atoms. The van der Waals surface area contributed by atoms with Gasteiger partial charge in [0, 0.05) is 41.8 Å². The van der Waals surface area contributed by atoms with Crippen LogP contribution in [0.2, 0.25) is 0 Å². The quantitative estimate of drug-likeness (QED) is 0.907. The molecule has 1 aliphatic heterocycles. The number of hydrogen-bond donors (Lipinski definition) is 2. The van der Waals surface area contributed by atoms with Gasteiger partial charge in [0.15, 0.2) is 0 Å². The number of thioether (sulfide) groups is 1. The van der Waals surface area contributed by atoms with Crippen LogP contribution >= 0.6 is 11.8 Å². The van der Waals surface area contributed by atoms with Crippen molar-refractivity contribution in [3.8, 4) is 11.5 Å². The molecule has 1 aromatic carbocycles. The maximum absolute atomic E-state index is 12.1. The lowest BCUT2D eigenvalue weighted by Gasteiger charge is -2.22. The Balaban J connectivity index is 1.63. The number of hydrogen-bond acceptors (Lipinski definition) is 5.